The molecular formula is C51H86O6. The van der Waals surface area contributed by atoms with Gasteiger partial charge < -0.3 is 14.2 Å². The van der Waals surface area contributed by atoms with E-state index < -0.39 is 6.10 Å². The molecule has 0 amide bonds. The van der Waals surface area contributed by atoms with Crippen LogP contribution in [0, 0.1) is 0 Å². The predicted octanol–water partition coefficient (Wildman–Crippen LogP) is 15.1. The minimum Gasteiger partial charge on any atom is -0.462 e. The average molecular weight is 795 g/mol. The van der Waals surface area contributed by atoms with Gasteiger partial charge in [-0.05, 0) is 103 Å². The first-order valence-electron chi connectivity index (χ1n) is 23.4. The van der Waals surface area contributed by atoms with E-state index in [1.807, 2.05) is 0 Å². The monoisotopic (exact) mass is 795 g/mol. The van der Waals surface area contributed by atoms with E-state index in [0.29, 0.717) is 19.3 Å². The maximum absolute atomic E-state index is 12.7. The fourth-order valence-electron chi connectivity index (χ4n) is 6.11. The second kappa shape index (κ2) is 45.6. The van der Waals surface area contributed by atoms with Gasteiger partial charge in [0.15, 0.2) is 6.10 Å². The average Bonchev–Trinajstić information content (AvgIpc) is 3.21. The number of ether oxygens (including phenoxy) is 3. The number of carbonyl (C=O) groups excluding carboxylic acids is 3. The number of allylic oxidation sites excluding steroid dienone is 12. The largest absolute Gasteiger partial charge is 0.462 e. The van der Waals surface area contributed by atoms with Gasteiger partial charge in [0.05, 0.1) is 0 Å². The molecule has 0 spiro atoms. The standard InChI is InChI=1S/C51H86O6/c1-4-7-10-13-16-19-22-24-25-27-29-32-35-38-41-44-50(53)56-47-48(46-55-49(52)43-40-37-34-31-28-21-18-15-12-9-6-3)57-51(54)45-42-39-36-33-30-26-23-20-17-14-11-8-5-2/h7,10,15-16,18-20,23-25,29,32,48H,4-6,8-9,11-14,17,21-22,26-28,30-31,33-47H2,1-3H3/b10-7-,18-15-,19-16-,23-20-,25-24-,32-29-. The van der Waals surface area contributed by atoms with Crippen LogP contribution in [0.2, 0.25) is 0 Å². The molecule has 0 saturated carbocycles. The summed E-state index contributed by atoms with van der Waals surface area (Å²) in [5.74, 6) is -0.963. The van der Waals surface area contributed by atoms with Gasteiger partial charge in [0, 0.05) is 19.3 Å². The Hall–Kier alpha value is -3.15. The molecule has 0 N–H and O–H groups in total. The van der Waals surface area contributed by atoms with E-state index >= 15 is 0 Å². The Morgan fingerprint density at radius 2 is 0.702 bits per heavy atom. The van der Waals surface area contributed by atoms with Crippen molar-refractivity contribution in [1.82, 2.24) is 0 Å². The van der Waals surface area contributed by atoms with Crippen LogP contribution in [0.1, 0.15) is 213 Å². The van der Waals surface area contributed by atoms with Crippen LogP contribution in [-0.4, -0.2) is 37.2 Å². The number of rotatable bonds is 41. The second-order valence-corrected chi connectivity index (χ2v) is 15.3. The molecule has 0 fully saturated rings. The summed E-state index contributed by atoms with van der Waals surface area (Å²) in [5, 5.41) is 0. The maximum atomic E-state index is 12.7. The number of hydrogen-bond donors (Lipinski definition) is 0. The van der Waals surface area contributed by atoms with Gasteiger partial charge in [0.25, 0.3) is 0 Å². The zero-order chi connectivity index (χ0) is 41.5. The summed E-state index contributed by atoms with van der Waals surface area (Å²) in [6, 6.07) is 0. The number of esters is 3. The Morgan fingerprint density at radius 1 is 0.368 bits per heavy atom. The molecule has 1 atom stereocenters. The van der Waals surface area contributed by atoms with Crippen molar-refractivity contribution in [2.75, 3.05) is 13.2 Å². The minimum absolute atomic E-state index is 0.0971. The fraction of sp³-hybridized carbons (Fsp3) is 0.706. The van der Waals surface area contributed by atoms with Crippen molar-refractivity contribution in [1.29, 1.82) is 0 Å². The lowest BCUT2D eigenvalue weighted by Crippen LogP contribution is -2.30. The molecule has 0 saturated heterocycles. The minimum atomic E-state index is -0.797. The molecule has 0 aliphatic rings. The highest BCUT2D eigenvalue weighted by Crippen LogP contribution is 2.13. The first-order valence-corrected chi connectivity index (χ1v) is 23.4. The Labute approximate surface area is 351 Å². The smallest absolute Gasteiger partial charge is 0.306 e. The second-order valence-electron chi connectivity index (χ2n) is 15.3. The summed E-state index contributed by atoms with van der Waals surface area (Å²) in [6.07, 6.45) is 56.0. The third-order valence-corrected chi connectivity index (χ3v) is 9.66. The molecular weight excluding hydrogens is 709 g/mol. The van der Waals surface area contributed by atoms with Crippen molar-refractivity contribution in [3.8, 4) is 0 Å². The fourth-order valence-corrected chi connectivity index (χ4v) is 6.11. The van der Waals surface area contributed by atoms with Gasteiger partial charge in [-0.2, -0.15) is 0 Å². The quantitative estimate of drug-likeness (QED) is 0.0265. The lowest BCUT2D eigenvalue weighted by Gasteiger charge is -2.18. The Balaban J connectivity index is 4.48. The third kappa shape index (κ3) is 43.8. The van der Waals surface area contributed by atoms with E-state index in [9.17, 15) is 14.4 Å². The molecule has 6 heteroatoms. The van der Waals surface area contributed by atoms with Crippen molar-refractivity contribution in [2.45, 2.75) is 219 Å². The molecule has 0 heterocycles. The lowest BCUT2D eigenvalue weighted by atomic mass is 10.1. The Kier molecular flexibility index (Phi) is 43.0. The van der Waals surface area contributed by atoms with Crippen molar-refractivity contribution in [3.05, 3.63) is 72.9 Å². The predicted molar refractivity (Wildman–Crippen MR) is 242 cm³/mol. The maximum Gasteiger partial charge on any atom is 0.306 e. The molecule has 326 valence electrons. The summed E-state index contributed by atoms with van der Waals surface area (Å²) >= 11 is 0. The first kappa shape index (κ1) is 53.9. The normalized spacial score (nSPS) is 12.7. The van der Waals surface area contributed by atoms with Crippen molar-refractivity contribution >= 4 is 17.9 Å². The van der Waals surface area contributed by atoms with Gasteiger partial charge in [-0.15, -0.1) is 0 Å². The summed E-state index contributed by atoms with van der Waals surface area (Å²) < 4.78 is 16.7. The van der Waals surface area contributed by atoms with E-state index in [-0.39, 0.29) is 31.1 Å². The zero-order valence-electron chi connectivity index (χ0n) is 37.1. The van der Waals surface area contributed by atoms with Gasteiger partial charge in [0.1, 0.15) is 13.2 Å². The zero-order valence-corrected chi connectivity index (χ0v) is 37.1. The van der Waals surface area contributed by atoms with Crippen molar-refractivity contribution in [3.63, 3.8) is 0 Å². The van der Waals surface area contributed by atoms with Crippen LogP contribution in [0.15, 0.2) is 72.9 Å². The van der Waals surface area contributed by atoms with Gasteiger partial charge in [0.2, 0.25) is 0 Å². The molecule has 0 aromatic heterocycles. The van der Waals surface area contributed by atoms with Crippen LogP contribution in [0.25, 0.3) is 0 Å². The van der Waals surface area contributed by atoms with Gasteiger partial charge >= 0.3 is 17.9 Å². The van der Waals surface area contributed by atoms with E-state index in [0.717, 1.165) is 109 Å². The summed E-state index contributed by atoms with van der Waals surface area (Å²) in [7, 11) is 0. The van der Waals surface area contributed by atoms with Crippen LogP contribution < -0.4 is 0 Å². The van der Waals surface area contributed by atoms with Gasteiger partial charge in [-0.1, -0.05) is 164 Å². The summed E-state index contributed by atoms with van der Waals surface area (Å²) in [6.45, 7) is 6.40. The van der Waals surface area contributed by atoms with E-state index in [1.165, 1.54) is 64.2 Å². The Morgan fingerprint density at radius 3 is 1.18 bits per heavy atom. The summed E-state index contributed by atoms with van der Waals surface area (Å²) in [4.78, 5) is 37.8. The number of carbonyl (C=O) groups is 3. The lowest BCUT2D eigenvalue weighted by molar-refractivity contribution is -0.167. The SMILES string of the molecule is CC/C=C\C/C=C\C/C=C\C/C=C\CCCCC(=O)OCC(COC(=O)CCCCCCC/C=C\CCCC)OC(=O)CCCCCCC/C=C\CCCCCC. The van der Waals surface area contributed by atoms with E-state index in [4.69, 9.17) is 14.2 Å². The third-order valence-electron chi connectivity index (χ3n) is 9.66. The molecule has 0 rings (SSSR count). The van der Waals surface area contributed by atoms with Crippen LogP contribution in [0.5, 0.6) is 0 Å². The van der Waals surface area contributed by atoms with Crippen LogP contribution in [0.4, 0.5) is 0 Å². The molecule has 6 nitrogen and oxygen atoms in total. The van der Waals surface area contributed by atoms with Crippen LogP contribution in [0.3, 0.4) is 0 Å². The molecule has 0 aliphatic carbocycles. The molecule has 0 radical (unpaired) electrons. The number of unbranched alkanes of at least 4 members (excludes halogenated alkanes) is 18. The molecule has 1 unspecified atom stereocenters. The van der Waals surface area contributed by atoms with Crippen LogP contribution in [-0.2, 0) is 28.6 Å². The highest BCUT2D eigenvalue weighted by molar-refractivity contribution is 5.71. The highest BCUT2D eigenvalue weighted by atomic mass is 16.6. The van der Waals surface area contributed by atoms with E-state index in [1.54, 1.807) is 0 Å². The summed E-state index contributed by atoms with van der Waals surface area (Å²) in [5.41, 5.74) is 0. The van der Waals surface area contributed by atoms with Crippen molar-refractivity contribution in [2.24, 2.45) is 0 Å². The Bertz CT molecular complexity index is 1100. The highest BCUT2D eigenvalue weighted by Gasteiger charge is 2.19. The topological polar surface area (TPSA) is 78.9 Å². The van der Waals surface area contributed by atoms with Crippen molar-refractivity contribution < 1.29 is 28.6 Å². The van der Waals surface area contributed by atoms with E-state index in [2.05, 4.69) is 93.7 Å². The number of hydrogen-bond acceptors (Lipinski definition) is 6. The van der Waals surface area contributed by atoms with Gasteiger partial charge in [-0.3, -0.25) is 14.4 Å². The molecule has 0 aliphatic heterocycles. The molecule has 0 aromatic carbocycles. The first-order chi connectivity index (χ1) is 28.0. The van der Waals surface area contributed by atoms with Crippen LogP contribution >= 0.6 is 0 Å². The molecule has 0 aromatic rings. The molecule has 0 bridgehead atoms. The van der Waals surface area contributed by atoms with Gasteiger partial charge in [-0.25, -0.2) is 0 Å². The molecule has 57 heavy (non-hydrogen) atoms.